The van der Waals surface area contributed by atoms with Gasteiger partial charge in [0.25, 0.3) is 0 Å². The molecule has 0 atom stereocenters. The molecule has 0 aliphatic rings. The summed E-state index contributed by atoms with van der Waals surface area (Å²) in [6.45, 7) is 2.43. The molecular formula is C12H11F3O3. The maximum absolute atomic E-state index is 13.4. The Bertz CT molecular complexity index is 483. The van der Waals surface area contributed by atoms with E-state index >= 15 is 0 Å². The number of ketones is 1. The van der Waals surface area contributed by atoms with Gasteiger partial charge in [-0.15, -0.1) is 0 Å². The second-order valence-electron chi connectivity index (χ2n) is 3.58. The lowest BCUT2D eigenvalue weighted by Crippen LogP contribution is -2.39. The number of halogens is 3. The molecule has 18 heavy (non-hydrogen) atoms. The third-order valence-electron chi connectivity index (χ3n) is 2.26. The summed E-state index contributed by atoms with van der Waals surface area (Å²) in [7, 11) is 0. The highest BCUT2D eigenvalue weighted by molar-refractivity contribution is 6.14. The summed E-state index contributed by atoms with van der Waals surface area (Å²) < 4.78 is 43.9. The van der Waals surface area contributed by atoms with Crippen LogP contribution in [0.5, 0.6) is 0 Å². The third kappa shape index (κ3) is 2.69. The van der Waals surface area contributed by atoms with Crippen LogP contribution in [0.4, 0.5) is 13.2 Å². The van der Waals surface area contributed by atoms with E-state index < -0.39 is 29.1 Å². The fourth-order valence-corrected chi connectivity index (χ4v) is 1.32. The van der Waals surface area contributed by atoms with Crippen LogP contribution in [-0.2, 0) is 9.53 Å². The molecule has 0 fully saturated rings. The molecule has 0 saturated carbocycles. The fraction of sp³-hybridized carbons (Fsp3) is 0.333. The molecule has 1 rings (SSSR count). The highest BCUT2D eigenvalue weighted by Gasteiger charge is 2.49. The van der Waals surface area contributed by atoms with Crippen molar-refractivity contribution in [1.82, 2.24) is 0 Å². The zero-order valence-corrected chi connectivity index (χ0v) is 9.80. The number of rotatable bonds is 4. The summed E-state index contributed by atoms with van der Waals surface area (Å²) in [4.78, 5) is 22.5. The van der Waals surface area contributed by atoms with Crippen molar-refractivity contribution in [3.63, 3.8) is 0 Å². The molecule has 3 nitrogen and oxygen atoms in total. The number of carbonyl (C=O) groups excluding carboxylic acids is 2. The zero-order valence-electron chi connectivity index (χ0n) is 9.80. The molecule has 98 valence electrons. The van der Waals surface area contributed by atoms with E-state index in [1.54, 1.807) is 0 Å². The Morgan fingerprint density at radius 1 is 1.33 bits per heavy atom. The van der Waals surface area contributed by atoms with E-state index in [9.17, 15) is 22.8 Å². The minimum atomic E-state index is -4.31. The van der Waals surface area contributed by atoms with Gasteiger partial charge in [-0.3, -0.25) is 4.79 Å². The Labute approximate surface area is 102 Å². The molecule has 0 amide bonds. The van der Waals surface area contributed by atoms with Crippen LogP contribution in [0.3, 0.4) is 0 Å². The maximum atomic E-state index is 13.4. The van der Waals surface area contributed by atoms with E-state index in [4.69, 9.17) is 0 Å². The first-order valence-corrected chi connectivity index (χ1v) is 5.16. The van der Waals surface area contributed by atoms with Crippen LogP contribution in [-0.4, -0.2) is 24.3 Å². The number of hydrogen-bond acceptors (Lipinski definition) is 3. The Kier molecular flexibility index (Phi) is 4.11. The Morgan fingerprint density at radius 2 is 1.94 bits per heavy atom. The molecule has 0 saturated heterocycles. The standard InChI is InChI=1S/C12H11F3O3/c1-3-18-11(17)12(14,15)10(16)9-6-8(13)5-4-7(9)2/h4-6H,3H2,1-2H3. The molecule has 0 aliphatic heterocycles. The summed E-state index contributed by atoms with van der Waals surface area (Å²) in [6.07, 6.45) is 0. The van der Waals surface area contributed by atoms with Gasteiger partial charge in [0.15, 0.2) is 0 Å². The highest BCUT2D eigenvalue weighted by Crippen LogP contribution is 2.24. The largest absolute Gasteiger partial charge is 0.461 e. The molecule has 6 heteroatoms. The lowest BCUT2D eigenvalue weighted by atomic mass is 10.0. The summed E-state index contributed by atoms with van der Waals surface area (Å²) in [5.41, 5.74) is -0.376. The first kappa shape index (κ1) is 14.2. The average Bonchev–Trinajstić information content (AvgIpc) is 2.31. The molecule has 0 aliphatic carbocycles. The van der Waals surface area contributed by atoms with E-state index in [1.807, 2.05) is 0 Å². The molecule has 0 aromatic heterocycles. The molecule has 0 heterocycles. The average molecular weight is 260 g/mol. The van der Waals surface area contributed by atoms with Gasteiger partial charge in [-0.2, -0.15) is 8.78 Å². The van der Waals surface area contributed by atoms with Crippen molar-refractivity contribution in [2.45, 2.75) is 19.8 Å². The van der Waals surface area contributed by atoms with Crippen molar-refractivity contribution in [1.29, 1.82) is 0 Å². The van der Waals surface area contributed by atoms with E-state index in [1.165, 1.54) is 19.9 Å². The van der Waals surface area contributed by atoms with Crippen molar-refractivity contribution >= 4 is 11.8 Å². The number of Topliss-reactive ketones (excluding diaryl/α,β-unsaturated/α-hetero) is 1. The smallest absolute Gasteiger partial charge is 0.404 e. The topological polar surface area (TPSA) is 43.4 Å². The van der Waals surface area contributed by atoms with Gasteiger partial charge in [0, 0.05) is 5.56 Å². The van der Waals surface area contributed by atoms with Gasteiger partial charge in [-0.25, -0.2) is 9.18 Å². The SMILES string of the molecule is CCOC(=O)C(F)(F)C(=O)c1cc(F)ccc1C. The second kappa shape index (κ2) is 5.20. The van der Waals surface area contributed by atoms with E-state index in [-0.39, 0.29) is 12.2 Å². The molecule has 0 spiro atoms. The molecule has 0 radical (unpaired) electrons. The summed E-state index contributed by atoms with van der Waals surface area (Å²) in [5.74, 6) is -8.84. The number of aryl methyl sites for hydroxylation is 1. The van der Waals surface area contributed by atoms with Crippen LogP contribution in [0.2, 0.25) is 0 Å². The van der Waals surface area contributed by atoms with Crippen LogP contribution >= 0.6 is 0 Å². The van der Waals surface area contributed by atoms with Crippen molar-refractivity contribution in [3.05, 3.63) is 35.1 Å². The Morgan fingerprint density at radius 3 is 2.50 bits per heavy atom. The van der Waals surface area contributed by atoms with E-state index in [0.29, 0.717) is 6.07 Å². The van der Waals surface area contributed by atoms with Gasteiger partial charge in [-0.1, -0.05) is 6.07 Å². The monoisotopic (exact) mass is 260 g/mol. The summed E-state index contributed by atoms with van der Waals surface area (Å²) in [5, 5.41) is 0. The molecule has 1 aromatic rings. The minimum Gasteiger partial charge on any atom is -0.461 e. The minimum absolute atomic E-state index is 0.158. The highest BCUT2D eigenvalue weighted by atomic mass is 19.3. The number of benzene rings is 1. The molecular weight excluding hydrogens is 249 g/mol. The molecule has 0 unspecified atom stereocenters. The van der Waals surface area contributed by atoms with Crippen LogP contribution in [0.25, 0.3) is 0 Å². The Balaban J connectivity index is 3.13. The lowest BCUT2D eigenvalue weighted by Gasteiger charge is -2.14. The molecule has 0 N–H and O–H groups in total. The van der Waals surface area contributed by atoms with Gasteiger partial charge in [0.2, 0.25) is 5.78 Å². The van der Waals surface area contributed by atoms with Crippen LogP contribution in [0.15, 0.2) is 18.2 Å². The maximum Gasteiger partial charge on any atom is 0.404 e. The first-order chi connectivity index (χ1) is 8.30. The van der Waals surface area contributed by atoms with Crippen LogP contribution in [0, 0.1) is 12.7 Å². The fourth-order valence-electron chi connectivity index (χ4n) is 1.32. The van der Waals surface area contributed by atoms with Crippen molar-refractivity contribution in [2.75, 3.05) is 6.61 Å². The van der Waals surface area contributed by atoms with Gasteiger partial charge in [0.1, 0.15) is 5.82 Å². The summed E-state index contributed by atoms with van der Waals surface area (Å²) in [6, 6.07) is 2.89. The molecule has 0 bridgehead atoms. The van der Waals surface area contributed by atoms with Gasteiger partial charge in [-0.05, 0) is 31.5 Å². The number of hydrogen-bond donors (Lipinski definition) is 0. The van der Waals surface area contributed by atoms with Crippen molar-refractivity contribution in [3.8, 4) is 0 Å². The predicted molar refractivity (Wildman–Crippen MR) is 57.0 cm³/mol. The van der Waals surface area contributed by atoms with Gasteiger partial charge < -0.3 is 4.74 Å². The Hall–Kier alpha value is -1.85. The summed E-state index contributed by atoms with van der Waals surface area (Å²) >= 11 is 0. The number of alkyl halides is 2. The number of esters is 1. The number of ether oxygens (including phenoxy) is 1. The first-order valence-electron chi connectivity index (χ1n) is 5.16. The number of carbonyl (C=O) groups is 2. The van der Waals surface area contributed by atoms with Crippen LogP contribution in [0.1, 0.15) is 22.8 Å². The predicted octanol–water partition coefficient (Wildman–Crippen LogP) is 2.52. The zero-order chi connectivity index (χ0) is 13.9. The molecule has 1 aromatic carbocycles. The normalized spacial score (nSPS) is 11.2. The lowest BCUT2D eigenvalue weighted by molar-refractivity contribution is -0.164. The third-order valence-corrected chi connectivity index (χ3v) is 2.26. The van der Waals surface area contributed by atoms with Crippen molar-refractivity contribution < 1.29 is 27.5 Å². The van der Waals surface area contributed by atoms with E-state index in [2.05, 4.69) is 4.74 Å². The van der Waals surface area contributed by atoms with Gasteiger partial charge >= 0.3 is 11.9 Å². The quantitative estimate of drug-likeness (QED) is 0.474. The second-order valence-corrected chi connectivity index (χ2v) is 3.58. The van der Waals surface area contributed by atoms with Crippen LogP contribution < -0.4 is 0 Å². The van der Waals surface area contributed by atoms with Crippen molar-refractivity contribution in [2.24, 2.45) is 0 Å². The van der Waals surface area contributed by atoms with E-state index in [0.717, 1.165) is 6.07 Å². The van der Waals surface area contributed by atoms with Gasteiger partial charge in [0.05, 0.1) is 6.61 Å².